The van der Waals surface area contributed by atoms with Gasteiger partial charge in [-0.15, -0.1) is 0 Å². The van der Waals surface area contributed by atoms with Crippen molar-refractivity contribution >= 4 is 11.0 Å². The zero-order chi connectivity index (χ0) is 7.11. The fraction of sp³-hybridized carbons (Fsp3) is 0.500. The van der Waals surface area contributed by atoms with E-state index in [-0.39, 0.29) is 13.2 Å². The Morgan fingerprint density at radius 2 is 2.11 bits per heavy atom. The van der Waals surface area contributed by atoms with Crippen molar-refractivity contribution in [2.75, 3.05) is 13.2 Å². The molecule has 0 aliphatic rings. The zero-order valence-corrected chi connectivity index (χ0v) is 5.58. The Bertz CT molecular complexity index is 141. The van der Waals surface area contributed by atoms with E-state index in [9.17, 15) is 8.42 Å². The average molecular weight is 152 g/mol. The van der Waals surface area contributed by atoms with Crippen LogP contribution >= 0.6 is 0 Å². The third kappa shape index (κ3) is 7.61. The van der Waals surface area contributed by atoms with Crippen molar-refractivity contribution in [2.24, 2.45) is 0 Å². The third-order valence-electron chi connectivity index (χ3n) is 0.548. The molecule has 4 nitrogen and oxygen atoms in total. The van der Waals surface area contributed by atoms with Gasteiger partial charge in [0.05, 0.1) is 13.2 Å². The smallest absolute Gasteiger partial charge is 0.257 e. The summed E-state index contributed by atoms with van der Waals surface area (Å²) in [6.45, 7) is -0.0989. The molecule has 9 heavy (non-hydrogen) atoms. The lowest BCUT2D eigenvalue weighted by molar-refractivity contribution is 0.338. The van der Waals surface area contributed by atoms with E-state index in [0.717, 1.165) is 0 Å². The Labute approximate surface area is 54.9 Å². The van der Waals surface area contributed by atoms with Crippen molar-refractivity contribution in [3.8, 4) is 0 Å². The Morgan fingerprint density at radius 1 is 1.44 bits per heavy atom. The van der Waals surface area contributed by atoms with Crippen molar-refractivity contribution in [3.05, 3.63) is 12.2 Å². The van der Waals surface area contributed by atoms with Gasteiger partial charge in [0.2, 0.25) is 0 Å². The molecule has 0 rings (SSSR count). The maximum absolute atomic E-state index is 9.68. The van der Waals surface area contributed by atoms with E-state index in [0.29, 0.717) is 0 Å². The van der Waals surface area contributed by atoms with E-state index in [4.69, 9.17) is 5.11 Å². The lowest BCUT2D eigenvalue weighted by atomic mass is 10.5. The van der Waals surface area contributed by atoms with Crippen LogP contribution in [0, 0.1) is 0 Å². The highest BCUT2D eigenvalue weighted by Crippen LogP contribution is 1.75. The van der Waals surface area contributed by atoms with Gasteiger partial charge >= 0.3 is 0 Å². The van der Waals surface area contributed by atoms with E-state index < -0.39 is 11.0 Å². The van der Waals surface area contributed by atoms with Crippen LogP contribution in [0.1, 0.15) is 0 Å². The molecule has 5 heteroatoms. The predicted octanol–water partition coefficient (Wildman–Crippen LogP) is -0.922. The lowest BCUT2D eigenvalue weighted by Crippen LogP contribution is -1.87. The van der Waals surface area contributed by atoms with Gasteiger partial charge in [0.25, 0.3) is 11.0 Å². The number of aliphatic hydroxyl groups excluding tert-OH is 1. The minimum atomic E-state index is -2.75. The van der Waals surface area contributed by atoms with Crippen molar-refractivity contribution in [1.82, 2.24) is 0 Å². The number of hydrogen-bond donors (Lipinski definition) is 2. The molecule has 0 unspecified atom stereocenters. The summed E-state index contributed by atoms with van der Waals surface area (Å²) in [6, 6.07) is 0. The maximum Gasteiger partial charge on any atom is 0.257 e. The predicted molar refractivity (Wildman–Crippen MR) is 32.5 cm³/mol. The second kappa shape index (κ2) is 5.74. The molecule has 0 saturated carbocycles. The van der Waals surface area contributed by atoms with Crippen LogP contribution < -0.4 is 0 Å². The number of thiol groups is 1. The first kappa shape index (κ1) is 8.61. The Morgan fingerprint density at radius 3 is 2.56 bits per heavy atom. The summed E-state index contributed by atoms with van der Waals surface area (Å²) < 4.78 is 23.5. The van der Waals surface area contributed by atoms with E-state index in [1.807, 2.05) is 0 Å². The number of rotatable bonds is 4. The summed E-state index contributed by atoms with van der Waals surface area (Å²) in [6.07, 6.45) is 2.82. The molecule has 0 aromatic rings. The molecular weight excluding hydrogens is 144 g/mol. The molecule has 0 aliphatic carbocycles. The SMILES string of the molecule is O=[SH](=O)OCC=CCO. The van der Waals surface area contributed by atoms with Gasteiger partial charge in [0.15, 0.2) is 0 Å². The molecular formula is C4H8O4S. The normalized spacial score (nSPS) is 11.3. The molecule has 0 amide bonds. The first-order chi connectivity index (χ1) is 4.27. The summed E-state index contributed by atoms with van der Waals surface area (Å²) in [7, 11) is -2.75. The fourth-order valence-corrected chi connectivity index (χ4v) is 0.454. The first-order valence-corrected chi connectivity index (χ1v) is 3.40. The summed E-state index contributed by atoms with van der Waals surface area (Å²) in [4.78, 5) is 0. The fourth-order valence-electron chi connectivity index (χ4n) is 0.246. The van der Waals surface area contributed by atoms with Crippen LogP contribution in [0.15, 0.2) is 12.2 Å². The molecule has 0 aliphatic heterocycles. The van der Waals surface area contributed by atoms with Crippen LogP contribution in [0.2, 0.25) is 0 Å². The van der Waals surface area contributed by atoms with Crippen LogP contribution in [0.4, 0.5) is 0 Å². The quantitative estimate of drug-likeness (QED) is 0.404. The van der Waals surface area contributed by atoms with E-state index in [2.05, 4.69) is 4.18 Å². The monoisotopic (exact) mass is 152 g/mol. The molecule has 0 aromatic carbocycles. The average Bonchev–Trinajstić information content (AvgIpc) is 1.80. The van der Waals surface area contributed by atoms with Gasteiger partial charge in [0.1, 0.15) is 0 Å². The molecule has 0 bridgehead atoms. The van der Waals surface area contributed by atoms with Crippen LogP contribution in [0.25, 0.3) is 0 Å². The van der Waals surface area contributed by atoms with E-state index >= 15 is 0 Å². The summed E-state index contributed by atoms with van der Waals surface area (Å²) in [5, 5.41) is 8.14. The van der Waals surface area contributed by atoms with Crippen LogP contribution in [-0.2, 0) is 15.2 Å². The van der Waals surface area contributed by atoms with Gasteiger partial charge < -0.3 is 5.11 Å². The number of aliphatic hydroxyl groups is 1. The van der Waals surface area contributed by atoms with E-state index in [1.54, 1.807) is 0 Å². The van der Waals surface area contributed by atoms with Gasteiger partial charge in [0, 0.05) is 0 Å². The molecule has 0 fully saturated rings. The van der Waals surface area contributed by atoms with Crippen molar-refractivity contribution in [1.29, 1.82) is 0 Å². The zero-order valence-electron chi connectivity index (χ0n) is 4.69. The van der Waals surface area contributed by atoms with Gasteiger partial charge in [-0.3, -0.25) is 4.18 Å². The summed E-state index contributed by atoms with van der Waals surface area (Å²) in [5.41, 5.74) is 0. The van der Waals surface area contributed by atoms with Crippen LogP contribution in [0.5, 0.6) is 0 Å². The van der Waals surface area contributed by atoms with Crippen molar-refractivity contribution < 1.29 is 17.7 Å². The highest BCUT2D eigenvalue weighted by molar-refractivity contribution is 7.67. The largest absolute Gasteiger partial charge is 0.392 e. The highest BCUT2D eigenvalue weighted by Gasteiger charge is 1.78. The minimum Gasteiger partial charge on any atom is -0.392 e. The standard InChI is InChI=1S/C4H8O4S/c5-3-1-2-4-8-9(6)7/h1-2,5,9H,3-4H2. The summed E-state index contributed by atoms with van der Waals surface area (Å²) in [5.74, 6) is 0. The number of hydrogen-bond acceptors (Lipinski definition) is 4. The lowest BCUT2D eigenvalue weighted by Gasteiger charge is -1.84. The van der Waals surface area contributed by atoms with Gasteiger partial charge in [-0.1, -0.05) is 12.2 Å². The third-order valence-corrected chi connectivity index (χ3v) is 0.908. The Kier molecular flexibility index (Phi) is 5.49. The summed E-state index contributed by atoms with van der Waals surface area (Å²) >= 11 is 0. The Hall–Kier alpha value is -0.390. The second-order valence-corrected chi connectivity index (χ2v) is 1.88. The molecule has 0 saturated heterocycles. The van der Waals surface area contributed by atoms with Gasteiger partial charge in [-0.05, 0) is 0 Å². The van der Waals surface area contributed by atoms with Crippen molar-refractivity contribution in [3.63, 3.8) is 0 Å². The molecule has 1 N–H and O–H groups in total. The van der Waals surface area contributed by atoms with Crippen LogP contribution in [0.3, 0.4) is 0 Å². The molecule has 0 spiro atoms. The maximum atomic E-state index is 9.68. The van der Waals surface area contributed by atoms with E-state index in [1.165, 1.54) is 12.2 Å². The first-order valence-electron chi connectivity index (χ1n) is 2.30. The minimum absolute atomic E-state index is 0.000730. The van der Waals surface area contributed by atoms with Gasteiger partial charge in [-0.2, -0.15) is 0 Å². The molecule has 0 atom stereocenters. The van der Waals surface area contributed by atoms with Gasteiger partial charge in [-0.25, -0.2) is 8.42 Å². The van der Waals surface area contributed by atoms with Crippen LogP contribution in [-0.4, -0.2) is 26.7 Å². The Balaban J connectivity index is 3.19. The second-order valence-electron chi connectivity index (χ2n) is 1.17. The molecule has 54 valence electrons. The molecule has 0 aromatic heterocycles. The van der Waals surface area contributed by atoms with Crippen molar-refractivity contribution in [2.45, 2.75) is 0 Å². The molecule has 0 radical (unpaired) electrons. The topological polar surface area (TPSA) is 63.6 Å². The molecule has 0 heterocycles. The highest BCUT2D eigenvalue weighted by atomic mass is 32.2.